The van der Waals surface area contributed by atoms with E-state index in [1.54, 1.807) is 11.8 Å². The number of thioether (sulfide) groups is 1. The van der Waals surface area contributed by atoms with Crippen LogP contribution in [0.15, 0.2) is 0 Å². The largest absolute Gasteiger partial charge is 0.352 e. The Morgan fingerprint density at radius 2 is 2.29 bits per heavy atom. The molecule has 2 heterocycles. The summed E-state index contributed by atoms with van der Waals surface area (Å²) in [5.41, 5.74) is 0. The number of hydrogen-bond acceptors (Lipinski definition) is 4. The molecule has 2 rings (SSSR count). The van der Waals surface area contributed by atoms with Gasteiger partial charge in [-0.05, 0) is 12.8 Å². The fourth-order valence-electron chi connectivity index (χ4n) is 2.36. The van der Waals surface area contributed by atoms with Crippen molar-refractivity contribution in [2.45, 2.75) is 31.8 Å². The number of piperidine rings is 1. The van der Waals surface area contributed by atoms with Gasteiger partial charge in [-0.1, -0.05) is 0 Å². The summed E-state index contributed by atoms with van der Waals surface area (Å²) in [5.74, 6) is 1.89. The second-order valence-electron chi connectivity index (χ2n) is 4.60. The Morgan fingerprint density at radius 3 is 2.94 bits per heavy atom. The van der Waals surface area contributed by atoms with E-state index in [-0.39, 0.29) is 23.9 Å². The number of carbonyl (C=O) groups excluding carboxylic acids is 2. The van der Waals surface area contributed by atoms with Gasteiger partial charge < -0.3 is 10.2 Å². The van der Waals surface area contributed by atoms with Crippen molar-refractivity contribution in [3.05, 3.63) is 0 Å². The van der Waals surface area contributed by atoms with Gasteiger partial charge in [0.1, 0.15) is 0 Å². The van der Waals surface area contributed by atoms with E-state index >= 15 is 0 Å². The summed E-state index contributed by atoms with van der Waals surface area (Å²) in [5, 5.41) is 6.09. The lowest BCUT2D eigenvalue weighted by molar-refractivity contribution is -0.134. The SMILES string of the molecule is CC(=O)NC1CCCN(C(=O)C2CSCN2)C1. The van der Waals surface area contributed by atoms with Crippen molar-refractivity contribution >= 4 is 23.6 Å². The van der Waals surface area contributed by atoms with Crippen LogP contribution in [0.25, 0.3) is 0 Å². The van der Waals surface area contributed by atoms with Crippen LogP contribution >= 0.6 is 11.8 Å². The van der Waals surface area contributed by atoms with E-state index in [1.807, 2.05) is 4.90 Å². The minimum absolute atomic E-state index is 0.0150. The Bertz CT molecular complexity index is 305. The molecular weight excluding hydrogens is 238 g/mol. The molecule has 0 aliphatic carbocycles. The molecule has 17 heavy (non-hydrogen) atoms. The highest BCUT2D eigenvalue weighted by atomic mass is 32.2. The monoisotopic (exact) mass is 257 g/mol. The number of nitrogens with zero attached hydrogens (tertiary/aromatic N) is 1. The lowest BCUT2D eigenvalue weighted by Gasteiger charge is -2.34. The van der Waals surface area contributed by atoms with Gasteiger partial charge in [0.25, 0.3) is 0 Å². The van der Waals surface area contributed by atoms with Gasteiger partial charge in [0.05, 0.1) is 6.04 Å². The number of amides is 2. The standard InChI is InChI=1S/C11H19N3O2S/c1-8(15)13-9-3-2-4-14(5-9)11(16)10-6-17-7-12-10/h9-10,12H,2-7H2,1H3,(H,13,15). The van der Waals surface area contributed by atoms with Crippen molar-refractivity contribution < 1.29 is 9.59 Å². The molecule has 2 amide bonds. The van der Waals surface area contributed by atoms with Crippen LogP contribution in [0.4, 0.5) is 0 Å². The molecule has 2 aliphatic rings. The molecule has 0 aromatic rings. The minimum atomic E-state index is -0.0314. The lowest BCUT2D eigenvalue weighted by atomic mass is 10.0. The van der Waals surface area contributed by atoms with E-state index in [4.69, 9.17) is 0 Å². The zero-order valence-electron chi connectivity index (χ0n) is 10.1. The maximum Gasteiger partial charge on any atom is 0.240 e. The van der Waals surface area contributed by atoms with Crippen LogP contribution in [0, 0.1) is 0 Å². The molecule has 2 saturated heterocycles. The average molecular weight is 257 g/mol. The number of likely N-dealkylation sites (tertiary alicyclic amines) is 1. The molecule has 2 atom stereocenters. The van der Waals surface area contributed by atoms with E-state index in [2.05, 4.69) is 10.6 Å². The summed E-state index contributed by atoms with van der Waals surface area (Å²) < 4.78 is 0. The molecule has 0 spiro atoms. The topological polar surface area (TPSA) is 61.4 Å². The van der Waals surface area contributed by atoms with Crippen molar-refractivity contribution in [1.29, 1.82) is 0 Å². The molecule has 2 fully saturated rings. The molecule has 96 valence electrons. The first-order chi connectivity index (χ1) is 8.16. The van der Waals surface area contributed by atoms with Gasteiger partial charge in [-0.2, -0.15) is 0 Å². The third kappa shape index (κ3) is 3.35. The summed E-state index contributed by atoms with van der Waals surface area (Å²) in [7, 11) is 0. The molecule has 2 unspecified atom stereocenters. The Hall–Kier alpha value is -0.750. The quantitative estimate of drug-likeness (QED) is 0.718. The van der Waals surface area contributed by atoms with E-state index in [0.717, 1.165) is 31.0 Å². The van der Waals surface area contributed by atoms with Gasteiger partial charge in [-0.3, -0.25) is 14.9 Å². The summed E-state index contributed by atoms with van der Waals surface area (Å²) in [4.78, 5) is 25.1. The minimum Gasteiger partial charge on any atom is -0.352 e. The zero-order chi connectivity index (χ0) is 12.3. The van der Waals surface area contributed by atoms with Gasteiger partial charge in [-0.25, -0.2) is 0 Å². The van der Waals surface area contributed by atoms with Crippen molar-refractivity contribution in [2.75, 3.05) is 24.7 Å². The van der Waals surface area contributed by atoms with Crippen LogP contribution in [0.2, 0.25) is 0 Å². The number of rotatable bonds is 2. The Morgan fingerprint density at radius 1 is 1.47 bits per heavy atom. The van der Waals surface area contributed by atoms with Crippen molar-refractivity contribution in [2.24, 2.45) is 0 Å². The third-order valence-corrected chi connectivity index (χ3v) is 4.09. The summed E-state index contributed by atoms with van der Waals surface area (Å²) >= 11 is 1.76. The highest BCUT2D eigenvalue weighted by Gasteiger charge is 2.30. The molecule has 0 radical (unpaired) electrons. The summed E-state index contributed by atoms with van der Waals surface area (Å²) in [6.45, 7) is 2.99. The van der Waals surface area contributed by atoms with Crippen molar-refractivity contribution in [3.63, 3.8) is 0 Å². The van der Waals surface area contributed by atoms with Crippen LogP contribution in [0.3, 0.4) is 0 Å². The lowest BCUT2D eigenvalue weighted by Crippen LogP contribution is -2.53. The third-order valence-electron chi connectivity index (χ3n) is 3.15. The van der Waals surface area contributed by atoms with Gasteiger partial charge >= 0.3 is 0 Å². The predicted octanol–water partition coefficient (Wildman–Crippen LogP) is -0.224. The molecule has 2 aliphatic heterocycles. The van der Waals surface area contributed by atoms with Crippen LogP contribution in [0.5, 0.6) is 0 Å². The van der Waals surface area contributed by atoms with Gasteiger partial charge in [0.15, 0.2) is 0 Å². The van der Waals surface area contributed by atoms with E-state index in [1.165, 1.54) is 6.92 Å². The molecule has 0 bridgehead atoms. The van der Waals surface area contributed by atoms with E-state index in [9.17, 15) is 9.59 Å². The smallest absolute Gasteiger partial charge is 0.240 e. The second kappa shape index (κ2) is 5.73. The Kier molecular flexibility index (Phi) is 4.28. The highest BCUT2D eigenvalue weighted by molar-refractivity contribution is 7.99. The second-order valence-corrected chi connectivity index (χ2v) is 5.63. The van der Waals surface area contributed by atoms with Crippen LogP contribution in [0.1, 0.15) is 19.8 Å². The fraction of sp³-hybridized carbons (Fsp3) is 0.818. The van der Waals surface area contributed by atoms with Gasteiger partial charge in [-0.15, -0.1) is 11.8 Å². The number of nitrogens with one attached hydrogen (secondary N) is 2. The number of hydrogen-bond donors (Lipinski definition) is 2. The van der Waals surface area contributed by atoms with Gasteiger partial charge in [0.2, 0.25) is 11.8 Å². The molecule has 0 saturated carbocycles. The van der Waals surface area contributed by atoms with Crippen LogP contribution < -0.4 is 10.6 Å². The molecule has 0 aromatic heterocycles. The number of carbonyl (C=O) groups is 2. The van der Waals surface area contributed by atoms with E-state index < -0.39 is 0 Å². The molecule has 2 N–H and O–H groups in total. The average Bonchev–Trinajstić information content (AvgIpc) is 2.81. The molecule has 0 aromatic carbocycles. The molecule has 6 heteroatoms. The Balaban J connectivity index is 1.87. The van der Waals surface area contributed by atoms with Gasteiger partial charge in [0, 0.05) is 37.7 Å². The maximum atomic E-state index is 12.2. The molecular formula is C11H19N3O2S. The van der Waals surface area contributed by atoms with Crippen LogP contribution in [-0.4, -0.2) is 53.5 Å². The Labute approximate surface area is 106 Å². The van der Waals surface area contributed by atoms with Crippen molar-refractivity contribution in [3.8, 4) is 0 Å². The van der Waals surface area contributed by atoms with E-state index in [0.29, 0.717) is 6.54 Å². The normalized spacial score (nSPS) is 29.1. The fourth-order valence-corrected chi connectivity index (χ4v) is 3.29. The first kappa shape index (κ1) is 12.7. The summed E-state index contributed by atoms with van der Waals surface area (Å²) in [6, 6.07) is 0.0929. The summed E-state index contributed by atoms with van der Waals surface area (Å²) in [6.07, 6.45) is 1.94. The first-order valence-corrected chi connectivity index (χ1v) is 7.19. The van der Waals surface area contributed by atoms with Crippen LogP contribution in [-0.2, 0) is 9.59 Å². The predicted molar refractivity (Wildman–Crippen MR) is 67.7 cm³/mol. The first-order valence-electron chi connectivity index (χ1n) is 6.04. The zero-order valence-corrected chi connectivity index (χ0v) is 10.9. The van der Waals surface area contributed by atoms with Crippen molar-refractivity contribution in [1.82, 2.24) is 15.5 Å². The highest BCUT2D eigenvalue weighted by Crippen LogP contribution is 2.16. The molecule has 5 nitrogen and oxygen atoms in total. The maximum absolute atomic E-state index is 12.2.